The van der Waals surface area contributed by atoms with Crippen molar-refractivity contribution >= 4 is 49.6 Å². The van der Waals surface area contributed by atoms with E-state index in [0.29, 0.717) is 29.2 Å². The number of hydrogen-bond donors (Lipinski definition) is 2. The van der Waals surface area contributed by atoms with Gasteiger partial charge in [0, 0.05) is 55.6 Å². The van der Waals surface area contributed by atoms with Crippen LogP contribution in [0.1, 0.15) is 12.8 Å². The number of fused-ring (bicyclic) bond motifs is 1. The topological polar surface area (TPSA) is 103 Å². The minimum absolute atomic E-state index is 0.205. The summed E-state index contributed by atoms with van der Waals surface area (Å²) in [5.74, 6) is 1.57. The summed E-state index contributed by atoms with van der Waals surface area (Å²) in [7, 11) is 0.431. The van der Waals surface area contributed by atoms with Crippen molar-refractivity contribution in [3.8, 4) is 5.75 Å². The van der Waals surface area contributed by atoms with Crippen LogP contribution in [-0.2, 0) is 9.84 Å². The van der Waals surface area contributed by atoms with E-state index in [1.165, 1.54) is 32.2 Å². The van der Waals surface area contributed by atoms with Gasteiger partial charge in [0.25, 0.3) is 0 Å². The third-order valence-corrected chi connectivity index (χ3v) is 9.61. The van der Waals surface area contributed by atoms with E-state index in [2.05, 4.69) is 44.5 Å². The van der Waals surface area contributed by atoms with Crippen LogP contribution in [0.25, 0.3) is 10.9 Å². The van der Waals surface area contributed by atoms with Crippen molar-refractivity contribution in [3.63, 3.8) is 0 Å². The first-order valence-corrected chi connectivity index (χ1v) is 16.6. The molecule has 11 heteroatoms. The fraction of sp³-hybridized carbons (Fsp3) is 0.375. The zero-order valence-corrected chi connectivity index (χ0v) is 25.8. The van der Waals surface area contributed by atoms with Gasteiger partial charge >= 0.3 is 0 Å². The molecule has 0 unspecified atom stereocenters. The largest absolute Gasteiger partial charge is 0.494 e. The molecular formula is C32H39N7O3S. The standard InChI is InChI=1S/C32H39N7O3S/c1-37-16-14-23(15-17-37)38-18-20-39(21-19-38)24-12-13-27(29(22-24)42-2)35-32-34-26-9-5-4-8-25(26)31(36-32)33-28-10-6-7-11-30(28)43(3,40)41/h4-13,22-23H,14-21H2,1-3H3,(H2,33,34,35,36). The molecule has 0 saturated carbocycles. The van der Waals surface area contributed by atoms with Gasteiger partial charge in [-0.2, -0.15) is 4.98 Å². The van der Waals surface area contributed by atoms with E-state index in [-0.39, 0.29) is 4.90 Å². The van der Waals surface area contributed by atoms with E-state index in [1.54, 1.807) is 31.4 Å². The number of hydrogen-bond acceptors (Lipinski definition) is 10. The summed E-state index contributed by atoms with van der Waals surface area (Å²) < 4.78 is 30.6. The van der Waals surface area contributed by atoms with E-state index in [0.717, 1.165) is 48.5 Å². The maximum Gasteiger partial charge on any atom is 0.229 e. The van der Waals surface area contributed by atoms with Gasteiger partial charge < -0.3 is 25.2 Å². The van der Waals surface area contributed by atoms with Gasteiger partial charge in [0.2, 0.25) is 5.95 Å². The number of para-hydroxylation sites is 2. The summed E-state index contributed by atoms with van der Waals surface area (Å²) in [6, 6.07) is 21.3. The molecule has 1 aromatic heterocycles. The molecule has 4 aromatic rings. The molecule has 10 nitrogen and oxygen atoms in total. The second kappa shape index (κ2) is 12.4. The summed E-state index contributed by atoms with van der Waals surface area (Å²) in [4.78, 5) is 17.2. The minimum atomic E-state index is -3.45. The molecule has 0 aliphatic carbocycles. The molecule has 0 spiro atoms. The predicted molar refractivity (Wildman–Crippen MR) is 173 cm³/mol. The lowest BCUT2D eigenvalue weighted by atomic mass is 10.0. The number of benzene rings is 3. The third kappa shape index (κ3) is 6.53. The average Bonchev–Trinajstić information content (AvgIpc) is 3.01. The number of anilines is 5. The molecule has 3 heterocycles. The lowest BCUT2D eigenvalue weighted by Gasteiger charge is -2.43. The number of nitrogens with zero attached hydrogens (tertiary/aromatic N) is 5. The van der Waals surface area contributed by atoms with Crippen LogP contribution in [0.15, 0.2) is 71.6 Å². The third-order valence-electron chi connectivity index (χ3n) is 8.46. The van der Waals surface area contributed by atoms with Gasteiger partial charge in [-0.3, -0.25) is 4.90 Å². The first-order valence-electron chi connectivity index (χ1n) is 14.7. The monoisotopic (exact) mass is 601 g/mol. The Balaban J connectivity index is 1.22. The number of nitrogens with one attached hydrogen (secondary N) is 2. The molecule has 3 aromatic carbocycles. The zero-order valence-electron chi connectivity index (χ0n) is 25.0. The quantitative estimate of drug-likeness (QED) is 0.294. The predicted octanol–water partition coefficient (Wildman–Crippen LogP) is 4.75. The maximum absolute atomic E-state index is 12.4. The number of methoxy groups -OCH3 is 1. The average molecular weight is 602 g/mol. The molecule has 2 aliphatic heterocycles. The fourth-order valence-corrected chi connectivity index (χ4v) is 6.90. The number of aromatic nitrogens is 2. The van der Waals surface area contributed by atoms with E-state index in [1.807, 2.05) is 30.3 Å². The number of piperazine rings is 1. The molecule has 0 amide bonds. The first-order chi connectivity index (χ1) is 20.8. The lowest BCUT2D eigenvalue weighted by molar-refractivity contribution is 0.115. The molecule has 43 heavy (non-hydrogen) atoms. The van der Waals surface area contributed by atoms with Crippen molar-refractivity contribution in [1.82, 2.24) is 19.8 Å². The SMILES string of the molecule is COc1cc(N2CCN(C3CCN(C)CC3)CC2)ccc1Nc1nc(Nc2ccccc2S(C)(=O)=O)c2ccccc2n1. The highest BCUT2D eigenvalue weighted by Crippen LogP contribution is 2.34. The summed E-state index contributed by atoms with van der Waals surface area (Å²) in [6.45, 7) is 6.48. The molecule has 0 atom stereocenters. The van der Waals surface area contributed by atoms with Crippen molar-refractivity contribution in [3.05, 3.63) is 66.7 Å². The Morgan fingerprint density at radius 2 is 1.56 bits per heavy atom. The number of ether oxygens (including phenoxy) is 1. The molecule has 6 rings (SSSR count). The number of sulfone groups is 1. The number of likely N-dealkylation sites (tertiary alicyclic amines) is 1. The number of rotatable bonds is 8. The van der Waals surface area contributed by atoms with E-state index in [4.69, 9.17) is 14.7 Å². The van der Waals surface area contributed by atoms with Crippen molar-refractivity contribution in [2.75, 3.05) is 75.2 Å². The second-order valence-electron chi connectivity index (χ2n) is 11.4. The highest BCUT2D eigenvalue weighted by atomic mass is 32.2. The van der Waals surface area contributed by atoms with Crippen LogP contribution in [0.5, 0.6) is 5.75 Å². The van der Waals surface area contributed by atoms with Gasteiger partial charge in [-0.05, 0) is 69.4 Å². The van der Waals surface area contributed by atoms with E-state index >= 15 is 0 Å². The Bertz CT molecular complexity index is 1700. The molecule has 2 fully saturated rings. The van der Waals surface area contributed by atoms with Crippen LogP contribution in [-0.4, -0.2) is 93.9 Å². The van der Waals surface area contributed by atoms with Crippen LogP contribution < -0.4 is 20.3 Å². The Morgan fingerprint density at radius 3 is 2.30 bits per heavy atom. The van der Waals surface area contributed by atoms with E-state index in [9.17, 15) is 8.42 Å². The van der Waals surface area contributed by atoms with Crippen LogP contribution in [0, 0.1) is 0 Å². The van der Waals surface area contributed by atoms with Gasteiger partial charge in [-0.1, -0.05) is 24.3 Å². The van der Waals surface area contributed by atoms with Crippen molar-refractivity contribution < 1.29 is 13.2 Å². The van der Waals surface area contributed by atoms with Crippen molar-refractivity contribution in [1.29, 1.82) is 0 Å². The summed E-state index contributed by atoms with van der Waals surface area (Å²) in [5, 5.41) is 7.35. The normalized spacial score (nSPS) is 17.2. The fourth-order valence-electron chi connectivity index (χ4n) is 6.05. The van der Waals surface area contributed by atoms with Crippen molar-refractivity contribution in [2.45, 2.75) is 23.8 Å². The Hall–Kier alpha value is -3.93. The van der Waals surface area contributed by atoms with Gasteiger partial charge in [0.1, 0.15) is 11.6 Å². The molecule has 2 saturated heterocycles. The van der Waals surface area contributed by atoms with E-state index < -0.39 is 9.84 Å². The molecule has 226 valence electrons. The van der Waals surface area contributed by atoms with Gasteiger partial charge in [-0.15, -0.1) is 0 Å². The minimum Gasteiger partial charge on any atom is -0.494 e. The van der Waals surface area contributed by atoms with Gasteiger partial charge in [0.05, 0.1) is 28.9 Å². The summed E-state index contributed by atoms with van der Waals surface area (Å²) in [6.07, 6.45) is 3.70. The summed E-state index contributed by atoms with van der Waals surface area (Å²) in [5.41, 5.74) is 3.05. The smallest absolute Gasteiger partial charge is 0.229 e. The Kier molecular flexibility index (Phi) is 8.38. The zero-order chi connectivity index (χ0) is 30.0. The molecule has 2 N–H and O–H groups in total. The summed E-state index contributed by atoms with van der Waals surface area (Å²) >= 11 is 0. The Morgan fingerprint density at radius 1 is 0.837 bits per heavy atom. The molecule has 2 aliphatic rings. The molecule has 0 radical (unpaired) electrons. The lowest BCUT2D eigenvalue weighted by Crippen LogP contribution is -2.53. The van der Waals surface area contributed by atoms with Crippen LogP contribution in [0.3, 0.4) is 0 Å². The molecular weight excluding hydrogens is 562 g/mol. The maximum atomic E-state index is 12.4. The number of piperidine rings is 1. The highest BCUT2D eigenvalue weighted by Gasteiger charge is 2.27. The van der Waals surface area contributed by atoms with Gasteiger partial charge in [-0.25, -0.2) is 13.4 Å². The van der Waals surface area contributed by atoms with Crippen LogP contribution in [0.4, 0.5) is 28.8 Å². The van der Waals surface area contributed by atoms with Crippen LogP contribution in [0.2, 0.25) is 0 Å². The Labute approximate surface area is 253 Å². The molecule has 0 bridgehead atoms. The highest BCUT2D eigenvalue weighted by molar-refractivity contribution is 7.90. The van der Waals surface area contributed by atoms with Crippen LogP contribution >= 0.6 is 0 Å². The second-order valence-corrected chi connectivity index (χ2v) is 13.4. The first kappa shape index (κ1) is 29.2. The van der Waals surface area contributed by atoms with Crippen molar-refractivity contribution in [2.24, 2.45) is 0 Å². The van der Waals surface area contributed by atoms with Gasteiger partial charge in [0.15, 0.2) is 9.84 Å².